The molecule has 0 atom stereocenters. The number of hydrogen-bond acceptors (Lipinski definition) is 3. The van der Waals surface area contributed by atoms with Crippen molar-refractivity contribution in [2.45, 2.75) is 11.5 Å². The molecule has 2 aromatic carbocycles. The van der Waals surface area contributed by atoms with Gasteiger partial charge in [-0.2, -0.15) is 0 Å². The van der Waals surface area contributed by atoms with E-state index in [0.29, 0.717) is 6.61 Å². The Balaban J connectivity index is 2.13. The first-order valence-electron chi connectivity index (χ1n) is 6.29. The van der Waals surface area contributed by atoms with Gasteiger partial charge in [-0.1, -0.05) is 12.1 Å². The van der Waals surface area contributed by atoms with Crippen LogP contribution in [0.5, 0.6) is 5.75 Å². The summed E-state index contributed by atoms with van der Waals surface area (Å²) < 4.78 is 32.2. The second-order valence-corrected chi connectivity index (χ2v) is 8.07. The number of benzene rings is 2. The number of halogens is 1. The summed E-state index contributed by atoms with van der Waals surface area (Å²) in [6.45, 7) is 0.331. The zero-order valence-electron chi connectivity index (χ0n) is 11.8. The van der Waals surface area contributed by atoms with Gasteiger partial charge in [0.15, 0.2) is 0 Å². The zero-order chi connectivity index (χ0) is 15.5. The largest absolute Gasteiger partial charge is 0.489 e. The molecule has 112 valence electrons. The van der Waals surface area contributed by atoms with Crippen LogP contribution in [0.1, 0.15) is 5.56 Å². The highest BCUT2D eigenvalue weighted by Gasteiger charge is 2.17. The molecule has 2 aromatic rings. The van der Waals surface area contributed by atoms with Crippen molar-refractivity contribution in [3.8, 4) is 5.75 Å². The van der Waals surface area contributed by atoms with E-state index in [1.165, 1.54) is 18.4 Å². The molecular weight excluding hydrogens is 401 g/mol. The fourth-order valence-electron chi connectivity index (χ4n) is 1.70. The van der Waals surface area contributed by atoms with E-state index in [-0.39, 0.29) is 4.90 Å². The highest BCUT2D eigenvalue weighted by molar-refractivity contribution is 14.1. The van der Waals surface area contributed by atoms with E-state index in [4.69, 9.17) is 4.74 Å². The average molecular weight is 417 g/mol. The summed E-state index contributed by atoms with van der Waals surface area (Å²) >= 11 is 2.23. The standard InChI is InChI=1S/C15H16INO3S/c1-17(2)21(18,19)15-5-3-4-12(10-15)11-20-14-8-6-13(16)7-9-14/h3-10H,11H2,1-2H3. The maximum Gasteiger partial charge on any atom is 0.242 e. The second-order valence-electron chi connectivity index (χ2n) is 4.68. The van der Waals surface area contributed by atoms with Crippen LogP contribution in [-0.2, 0) is 16.6 Å². The van der Waals surface area contributed by atoms with Gasteiger partial charge in [-0.25, -0.2) is 12.7 Å². The lowest BCUT2D eigenvalue weighted by molar-refractivity contribution is 0.306. The van der Waals surface area contributed by atoms with E-state index in [0.717, 1.165) is 14.9 Å². The maximum absolute atomic E-state index is 12.1. The molecule has 0 aliphatic carbocycles. The Morgan fingerprint density at radius 2 is 1.76 bits per heavy atom. The lowest BCUT2D eigenvalue weighted by Crippen LogP contribution is -2.22. The number of hydrogen-bond donors (Lipinski definition) is 0. The van der Waals surface area contributed by atoms with Crippen LogP contribution in [0.3, 0.4) is 0 Å². The van der Waals surface area contributed by atoms with E-state index < -0.39 is 10.0 Å². The summed E-state index contributed by atoms with van der Waals surface area (Å²) in [6, 6.07) is 14.5. The van der Waals surface area contributed by atoms with Gasteiger partial charge in [0.1, 0.15) is 12.4 Å². The second kappa shape index (κ2) is 6.76. The summed E-state index contributed by atoms with van der Waals surface area (Å²) in [4.78, 5) is 0.274. The van der Waals surface area contributed by atoms with Crippen molar-refractivity contribution in [3.63, 3.8) is 0 Å². The highest BCUT2D eigenvalue weighted by Crippen LogP contribution is 2.18. The van der Waals surface area contributed by atoms with Crippen molar-refractivity contribution in [1.82, 2.24) is 4.31 Å². The summed E-state index contributed by atoms with van der Waals surface area (Å²) in [5.41, 5.74) is 0.816. The van der Waals surface area contributed by atoms with Crippen LogP contribution >= 0.6 is 22.6 Å². The Morgan fingerprint density at radius 1 is 1.10 bits per heavy atom. The number of rotatable bonds is 5. The van der Waals surface area contributed by atoms with E-state index in [2.05, 4.69) is 22.6 Å². The van der Waals surface area contributed by atoms with Gasteiger partial charge in [0.2, 0.25) is 10.0 Å². The topological polar surface area (TPSA) is 46.6 Å². The molecule has 6 heteroatoms. The van der Waals surface area contributed by atoms with E-state index in [1.54, 1.807) is 18.2 Å². The summed E-state index contributed by atoms with van der Waals surface area (Å²) in [5.74, 6) is 0.760. The fraction of sp³-hybridized carbons (Fsp3) is 0.200. The minimum absolute atomic E-state index is 0.274. The molecule has 0 aromatic heterocycles. The monoisotopic (exact) mass is 417 g/mol. The molecular formula is C15H16INO3S. The summed E-state index contributed by atoms with van der Waals surface area (Å²) in [7, 11) is -0.375. The van der Waals surface area contributed by atoms with Crippen LogP contribution in [0.25, 0.3) is 0 Å². The Morgan fingerprint density at radius 3 is 2.38 bits per heavy atom. The lowest BCUT2D eigenvalue weighted by Gasteiger charge is -2.12. The summed E-state index contributed by atoms with van der Waals surface area (Å²) in [5, 5.41) is 0. The lowest BCUT2D eigenvalue weighted by atomic mass is 10.2. The maximum atomic E-state index is 12.1. The Labute approximate surface area is 138 Å². The van der Waals surface area contributed by atoms with Crippen molar-refractivity contribution in [1.29, 1.82) is 0 Å². The molecule has 0 unspecified atom stereocenters. The fourth-order valence-corrected chi connectivity index (χ4v) is 3.04. The van der Waals surface area contributed by atoms with E-state index in [9.17, 15) is 8.42 Å². The van der Waals surface area contributed by atoms with Gasteiger partial charge in [0.25, 0.3) is 0 Å². The quantitative estimate of drug-likeness (QED) is 0.703. The molecule has 0 saturated heterocycles. The average Bonchev–Trinajstić information content (AvgIpc) is 2.47. The minimum Gasteiger partial charge on any atom is -0.489 e. The van der Waals surface area contributed by atoms with Gasteiger partial charge in [-0.15, -0.1) is 0 Å². The first-order chi connectivity index (χ1) is 9.89. The third kappa shape index (κ3) is 4.18. The Kier molecular flexibility index (Phi) is 5.23. The molecule has 0 N–H and O–H groups in total. The molecule has 2 rings (SSSR count). The molecule has 4 nitrogen and oxygen atoms in total. The third-order valence-electron chi connectivity index (χ3n) is 2.90. The van der Waals surface area contributed by atoms with Crippen molar-refractivity contribution < 1.29 is 13.2 Å². The first kappa shape index (κ1) is 16.3. The van der Waals surface area contributed by atoms with Crippen molar-refractivity contribution in [3.05, 3.63) is 57.7 Å². The molecule has 0 aliphatic heterocycles. The molecule has 0 fully saturated rings. The third-order valence-corrected chi connectivity index (χ3v) is 5.43. The molecule has 0 amide bonds. The first-order valence-corrected chi connectivity index (χ1v) is 8.81. The van der Waals surface area contributed by atoms with E-state index >= 15 is 0 Å². The predicted molar refractivity (Wildman–Crippen MR) is 90.8 cm³/mol. The van der Waals surface area contributed by atoms with Crippen molar-refractivity contribution >= 4 is 32.6 Å². The van der Waals surface area contributed by atoms with E-state index in [1.807, 2.05) is 30.3 Å². The Hall–Kier alpha value is -1.12. The Bertz CT molecular complexity index is 712. The predicted octanol–water partition coefficient (Wildman–Crippen LogP) is 3.12. The normalized spacial score (nSPS) is 11.6. The molecule has 0 aliphatic rings. The van der Waals surface area contributed by atoms with Gasteiger partial charge in [-0.3, -0.25) is 0 Å². The molecule has 21 heavy (non-hydrogen) atoms. The number of nitrogens with zero attached hydrogens (tertiary/aromatic N) is 1. The van der Waals surface area contributed by atoms with Crippen LogP contribution < -0.4 is 4.74 Å². The molecule has 0 spiro atoms. The molecule has 0 radical (unpaired) electrons. The van der Waals surface area contributed by atoms with Crippen LogP contribution in [0.2, 0.25) is 0 Å². The van der Waals surface area contributed by atoms with Crippen LogP contribution in [-0.4, -0.2) is 26.8 Å². The van der Waals surface area contributed by atoms with Crippen molar-refractivity contribution in [2.75, 3.05) is 14.1 Å². The highest BCUT2D eigenvalue weighted by atomic mass is 127. The van der Waals surface area contributed by atoms with Gasteiger partial charge in [0, 0.05) is 17.7 Å². The minimum atomic E-state index is -3.41. The van der Waals surface area contributed by atoms with Crippen LogP contribution in [0.15, 0.2) is 53.4 Å². The van der Waals surface area contributed by atoms with Gasteiger partial charge in [-0.05, 0) is 64.6 Å². The summed E-state index contributed by atoms with van der Waals surface area (Å²) in [6.07, 6.45) is 0. The van der Waals surface area contributed by atoms with Gasteiger partial charge < -0.3 is 4.74 Å². The molecule has 0 bridgehead atoms. The van der Waals surface area contributed by atoms with Crippen molar-refractivity contribution in [2.24, 2.45) is 0 Å². The number of ether oxygens (including phenoxy) is 1. The zero-order valence-corrected chi connectivity index (χ0v) is 14.8. The van der Waals surface area contributed by atoms with Gasteiger partial charge >= 0.3 is 0 Å². The smallest absolute Gasteiger partial charge is 0.242 e. The molecule has 0 heterocycles. The number of sulfonamides is 1. The van der Waals surface area contributed by atoms with Crippen LogP contribution in [0, 0.1) is 3.57 Å². The van der Waals surface area contributed by atoms with Crippen LogP contribution in [0.4, 0.5) is 0 Å². The van der Waals surface area contributed by atoms with Gasteiger partial charge in [0.05, 0.1) is 4.90 Å². The molecule has 0 saturated carbocycles. The SMILES string of the molecule is CN(C)S(=O)(=O)c1cccc(COc2ccc(I)cc2)c1.